The van der Waals surface area contributed by atoms with Crippen LogP contribution >= 0.6 is 0 Å². The molecule has 0 rings (SSSR count). The third kappa shape index (κ3) is 3.18. The molecule has 0 spiro atoms. The first-order valence-electron chi connectivity index (χ1n) is 4.00. The van der Waals surface area contributed by atoms with E-state index in [-0.39, 0.29) is 12.0 Å². The molecule has 10 heavy (non-hydrogen) atoms. The largest absolute Gasteiger partial charge is 0.396 e. The molecule has 0 aromatic rings. The van der Waals surface area contributed by atoms with E-state index in [1.165, 1.54) is 0 Å². The van der Waals surface area contributed by atoms with Crippen LogP contribution in [0.25, 0.3) is 0 Å². The summed E-state index contributed by atoms with van der Waals surface area (Å²) >= 11 is 0. The average Bonchev–Trinajstić information content (AvgIpc) is 2.00. The number of rotatable bonds is 5. The predicted octanol–water partition coefficient (Wildman–Crippen LogP) is 1.00. The molecule has 0 saturated heterocycles. The maximum atomic E-state index is 8.97. The molecular formula is C8H19NO. The van der Waals surface area contributed by atoms with Crippen LogP contribution in [-0.2, 0) is 0 Å². The Morgan fingerprint density at radius 3 is 2.30 bits per heavy atom. The van der Waals surface area contributed by atoms with Gasteiger partial charge in [-0.1, -0.05) is 20.8 Å². The summed E-state index contributed by atoms with van der Waals surface area (Å²) in [5.41, 5.74) is 0.0794. The highest BCUT2D eigenvalue weighted by molar-refractivity contribution is 4.73. The van der Waals surface area contributed by atoms with Gasteiger partial charge in [-0.2, -0.15) is 0 Å². The fourth-order valence-electron chi connectivity index (χ4n) is 0.719. The smallest absolute Gasteiger partial charge is 0.0496 e. The average molecular weight is 145 g/mol. The van der Waals surface area contributed by atoms with E-state index in [9.17, 15) is 0 Å². The van der Waals surface area contributed by atoms with Gasteiger partial charge in [-0.05, 0) is 13.0 Å². The van der Waals surface area contributed by atoms with Crippen LogP contribution in [0.3, 0.4) is 0 Å². The van der Waals surface area contributed by atoms with Crippen molar-refractivity contribution in [2.24, 2.45) is 5.41 Å². The summed E-state index contributed by atoms with van der Waals surface area (Å²) in [4.78, 5) is 0. The Kier molecular flexibility index (Phi) is 4.65. The summed E-state index contributed by atoms with van der Waals surface area (Å²) in [7, 11) is 0. The van der Waals surface area contributed by atoms with Crippen LogP contribution in [0.2, 0.25) is 0 Å². The Labute approximate surface area is 63.6 Å². The third-order valence-corrected chi connectivity index (χ3v) is 2.04. The standard InChI is InChI=1S/C8H19NO/c1-4-8(3,7-10)6-9-5-2/h9-10H,4-7H2,1-3H3. The lowest BCUT2D eigenvalue weighted by Gasteiger charge is -2.25. The highest BCUT2D eigenvalue weighted by Gasteiger charge is 2.19. The van der Waals surface area contributed by atoms with Crippen LogP contribution in [-0.4, -0.2) is 24.8 Å². The van der Waals surface area contributed by atoms with Crippen LogP contribution in [0, 0.1) is 5.41 Å². The first kappa shape index (κ1) is 9.92. The molecule has 0 bridgehead atoms. The molecule has 0 amide bonds. The molecule has 2 heteroatoms. The molecule has 0 aliphatic carbocycles. The zero-order valence-electron chi connectivity index (χ0n) is 7.28. The van der Waals surface area contributed by atoms with Crippen molar-refractivity contribution in [1.82, 2.24) is 5.32 Å². The minimum atomic E-state index is 0.0794. The molecule has 0 aromatic carbocycles. The van der Waals surface area contributed by atoms with E-state index in [2.05, 4.69) is 26.1 Å². The first-order chi connectivity index (χ1) is 4.68. The van der Waals surface area contributed by atoms with E-state index in [0.29, 0.717) is 0 Å². The fraction of sp³-hybridized carbons (Fsp3) is 1.00. The van der Waals surface area contributed by atoms with Crippen LogP contribution in [0.15, 0.2) is 0 Å². The van der Waals surface area contributed by atoms with Crippen molar-refractivity contribution in [3.05, 3.63) is 0 Å². The van der Waals surface area contributed by atoms with Crippen LogP contribution in [0.4, 0.5) is 0 Å². The molecule has 1 unspecified atom stereocenters. The van der Waals surface area contributed by atoms with Gasteiger partial charge in [0.2, 0.25) is 0 Å². The molecule has 0 saturated carbocycles. The Hall–Kier alpha value is -0.0800. The molecule has 2 nitrogen and oxygen atoms in total. The van der Waals surface area contributed by atoms with Crippen molar-refractivity contribution in [2.45, 2.75) is 27.2 Å². The SMILES string of the molecule is CCNCC(C)(CC)CO. The van der Waals surface area contributed by atoms with Crippen molar-refractivity contribution < 1.29 is 5.11 Å². The second kappa shape index (κ2) is 4.69. The summed E-state index contributed by atoms with van der Waals surface area (Å²) in [6.07, 6.45) is 1.02. The molecule has 0 radical (unpaired) electrons. The second-order valence-corrected chi connectivity index (χ2v) is 3.10. The minimum Gasteiger partial charge on any atom is -0.396 e. The van der Waals surface area contributed by atoms with E-state index in [1.54, 1.807) is 0 Å². The lowest BCUT2D eigenvalue weighted by Crippen LogP contribution is -2.34. The van der Waals surface area contributed by atoms with Gasteiger partial charge >= 0.3 is 0 Å². The monoisotopic (exact) mass is 145 g/mol. The molecule has 1 atom stereocenters. The molecule has 62 valence electrons. The van der Waals surface area contributed by atoms with Crippen molar-refractivity contribution in [3.63, 3.8) is 0 Å². The number of aliphatic hydroxyl groups is 1. The van der Waals surface area contributed by atoms with Crippen molar-refractivity contribution in [2.75, 3.05) is 19.7 Å². The maximum Gasteiger partial charge on any atom is 0.0496 e. The summed E-state index contributed by atoms with van der Waals surface area (Å²) in [5, 5.41) is 12.2. The van der Waals surface area contributed by atoms with Gasteiger partial charge < -0.3 is 10.4 Å². The Balaban J connectivity index is 3.58. The normalized spacial score (nSPS) is 16.8. The minimum absolute atomic E-state index is 0.0794. The van der Waals surface area contributed by atoms with Gasteiger partial charge in [0.1, 0.15) is 0 Å². The van der Waals surface area contributed by atoms with Crippen LogP contribution < -0.4 is 5.32 Å². The molecular weight excluding hydrogens is 126 g/mol. The Morgan fingerprint density at radius 1 is 1.40 bits per heavy atom. The van der Waals surface area contributed by atoms with Crippen LogP contribution in [0.5, 0.6) is 0 Å². The van der Waals surface area contributed by atoms with E-state index >= 15 is 0 Å². The van der Waals surface area contributed by atoms with Crippen molar-refractivity contribution in [1.29, 1.82) is 0 Å². The molecule has 0 aliphatic heterocycles. The molecule has 0 heterocycles. The van der Waals surface area contributed by atoms with Crippen molar-refractivity contribution in [3.8, 4) is 0 Å². The summed E-state index contributed by atoms with van der Waals surface area (Å²) < 4.78 is 0. The van der Waals surface area contributed by atoms with Crippen molar-refractivity contribution >= 4 is 0 Å². The lowest BCUT2D eigenvalue weighted by atomic mass is 9.89. The maximum absolute atomic E-state index is 8.97. The van der Waals surface area contributed by atoms with Gasteiger partial charge in [0.25, 0.3) is 0 Å². The van der Waals surface area contributed by atoms with E-state index in [4.69, 9.17) is 5.11 Å². The summed E-state index contributed by atoms with van der Waals surface area (Å²) in [6.45, 7) is 8.44. The van der Waals surface area contributed by atoms with Crippen LogP contribution in [0.1, 0.15) is 27.2 Å². The fourth-order valence-corrected chi connectivity index (χ4v) is 0.719. The number of hydrogen-bond donors (Lipinski definition) is 2. The van der Waals surface area contributed by atoms with Gasteiger partial charge in [0, 0.05) is 18.6 Å². The van der Waals surface area contributed by atoms with E-state index in [1.807, 2.05) is 0 Å². The zero-order valence-corrected chi connectivity index (χ0v) is 7.28. The highest BCUT2D eigenvalue weighted by atomic mass is 16.3. The number of hydrogen-bond acceptors (Lipinski definition) is 2. The summed E-state index contributed by atoms with van der Waals surface area (Å²) in [6, 6.07) is 0. The molecule has 0 aliphatic rings. The van der Waals surface area contributed by atoms with Gasteiger partial charge in [-0.25, -0.2) is 0 Å². The summed E-state index contributed by atoms with van der Waals surface area (Å²) in [5.74, 6) is 0. The van der Waals surface area contributed by atoms with Gasteiger partial charge in [0.05, 0.1) is 0 Å². The van der Waals surface area contributed by atoms with Gasteiger partial charge in [-0.15, -0.1) is 0 Å². The number of aliphatic hydroxyl groups excluding tert-OH is 1. The number of nitrogens with one attached hydrogen (secondary N) is 1. The Morgan fingerprint density at radius 2 is 2.00 bits per heavy atom. The van der Waals surface area contributed by atoms with E-state index in [0.717, 1.165) is 19.5 Å². The predicted molar refractivity (Wildman–Crippen MR) is 44.0 cm³/mol. The molecule has 0 aromatic heterocycles. The second-order valence-electron chi connectivity index (χ2n) is 3.10. The zero-order chi connectivity index (χ0) is 8.04. The lowest BCUT2D eigenvalue weighted by molar-refractivity contribution is 0.136. The van der Waals surface area contributed by atoms with Gasteiger partial charge in [-0.3, -0.25) is 0 Å². The van der Waals surface area contributed by atoms with E-state index < -0.39 is 0 Å². The quantitative estimate of drug-likeness (QED) is 0.605. The molecule has 0 fully saturated rings. The first-order valence-corrected chi connectivity index (χ1v) is 4.00. The topological polar surface area (TPSA) is 32.3 Å². The highest BCUT2D eigenvalue weighted by Crippen LogP contribution is 2.17. The molecule has 2 N–H and O–H groups in total. The van der Waals surface area contributed by atoms with Gasteiger partial charge in [0.15, 0.2) is 0 Å². The Bertz CT molecular complexity index is 79.3. The third-order valence-electron chi connectivity index (χ3n) is 2.04.